The monoisotopic (exact) mass is 436 g/mol. The lowest BCUT2D eigenvalue weighted by Crippen LogP contribution is -2.30. The molecule has 1 N–H and O–H groups in total. The van der Waals surface area contributed by atoms with Crippen LogP contribution in [0.3, 0.4) is 0 Å². The van der Waals surface area contributed by atoms with Gasteiger partial charge in [0, 0.05) is 24.2 Å². The van der Waals surface area contributed by atoms with Crippen molar-refractivity contribution >= 4 is 39.3 Å². The third kappa shape index (κ3) is 6.06. The lowest BCUT2D eigenvalue weighted by molar-refractivity contribution is -0.111. The molecule has 156 valence electrons. The summed E-state index contributed by atoms with van der Waals surface area (Å²) in [7, 11) is -3.65. The van der Waals surface area contributed by atoms with E-state index in [0.717, 1.165) is 5.56 Å². The topological polar surface area (TPSA) is 75.7 Å². The molecule has 8 heteroatoms. The van der Waals surface area contributed by atoms with E-state index in [1.807, 2.05) is 6.92 Å². The zero-order valence-corrected chi connectivity index (χ0v) is 18.3. The summed E-state index contributed by atoms with van der Waals surface area (Å²) in [5.74, 6) is -0.00229. The molecular weight excluding hydrogens is 412 g/mol. The fourth-order valence-corrected chi connectivity index (χ4v) is 4.29. The highest BCUT2D eigenvalue weighted by Crippen LogP contribution is 2.29. The molecule has 2 aromatic carbocycles. The van der Waals surface area contributed by atoms with Crippen molar-refractivity contribution in [3.8, 4) is 5.75 Å². The lowest BCUT2D eigenvalue weighted by Gasteiger charge is -2.19. The molecule has 0 aliphatic heterocycles. The highest BCUT2D eigenvalue weighted by Gasteiger charge is 2.23. The molecule has 6 nitrogen and oxygen atoms in total. The molecule has 0 spiro atoms. The van der Waals surface area contributed by atoms with E-state index in [4.69, 9.17) is 16.3 Å². The van der Waals surface area contributed by atoms with Crippen molar-refractivity contribution in [3.05, 3.63) is 59.1 Å². The average molecular weight is 437 g/mol. The van der Waals surface area contributed by atoms with Crippen LogP contribution in [-0.4, -0.2) is 38.3 Å². The number of carbonyl (C=O) groups excluding carboxylic acids is 1. The maximum absolute atomic E-state index is 12.8. The van der Waals surface area contributed by atoms with Gasteiger partial charge in [0.2, 0.25) is 15.9 Å². The molecule has 0 fully saturated rings. The number of sulfonamides is 1. The Kier molecular flexibility index (Phi) is 8.25. The van der Waals surface area contributed by atoms with Crippen molar-refractivity contribution in [1.82, 2.24) is 4.31 Å². The Bertz CT molecular complexity index is 969. The zero-order chi connectivity index (χ0) is 21.4. The minimum atomic E-state index is -3.65. The molecule has 0 radical (unpaired) electrons. The van der Waals surface area contributed by atoms with Crippen LogP contribution in [0.5, 0.6) is 5.75 Å². The quantitative estimate of drug-likeness (QED) is 0.590. The summed E-state index contributed by atoms with van der Waals surface area (Å²) < 4.78 is 32.5. The summed E-state index contributed by atoms with van der Waals surface area (Å²) in [5.41, 5.74) is 1.11. The van der Waals surface area contributed by atoms with Gasteiger partial charge in [-0.2, -0.15) is 4.31 Å². The molecule has 0 aliphatic rings. The van der Waals surface area contributed by atoms with Crippen LogP contribution in [0.2, 0.25) is 5.02 Å². The van der Waals surface area contributed by atoms with E-state index in [2.05, 4.69) is 5.32 Å². The number of halogens is 1. The number of amides is 1. The van der Waals surface area contributed by atoms with Gasteiger partial charge in [0.25, 0.3) is 0 Å². The van der Waals surface area contributed by atoms with Gasteiger partial charge in [0.15, 0.2) is 0 Å². The Labute approximate surface area is 177 Å². The number of nitrogens with one attached hydrogen (secondary N) is 1. The summed E-state index contributed by atoms with van der Waals surface area (Å²) in [6.45, 7) is 6.47. The Morgan fingerprint density at radius 3 is 2.34 bits per heavy atom. The minimum absolute atomic E-state index is 0.0987. The van der Waals surface area contributed by atoms with Crippen molar-refractivity contribution < 1.29 is 17.9 Å². The summed E-state index contributed by atoms with van der Waals surface area (Å²) in [6, 6.07) is 11.5. The van der Waals surface area contributed by atoms with Gasteiger partial charge in [-0.25, -0.2) is 8.42 Å². The molecule has 0 saturated carbocycles. The maximum Gasteiger partial charge on any atom is 0.248 e. The van der Waals surface area contributed by atoms with E-state index in [-0.39, 0.29) is 4.90 Å². The summed E-state index contributed by atoms with van der Waals surface area (Å²) >= 11 is 5.85. The van der Waals surface area contributed by atoms with Crippen LogP contribution in [0.4, 0.5) is 5.69 Å². The van der Waals surface area contributed by atoms with Gasteiger partial charge in [0.05, 0.1) is 17.2 Å². The van der Waals surface area contributed by atoms with Gasteiger partial charge in [-0.05, 0) is 48.9 Å². The van der Waals surface area contributed by atoms with Crippen molar-refractivity contribution in [1.29, 1.82) is 0 Å². The molecule has 0 saturated heterocycles. The van der Waals surface area contributed by atoms with E-state index in [1.165, 1.54) is 22.5 Å². The molecule has 0 bridgehead atoms. The SMILES string of the molecule is CCOc1ccc(S(=O)(=O)N(CC)CC)cc1NC(=O)/C=C/c1ccc(Cl)cc1. The first kappa shape index (κ1) is 22.9. The van der Waals surface area contributed by atoms with Crippen LogP contribution < -0.4 is 10.1 Å². The Morgan fingerprint density at radius 2 is 1.76 bits per heavy atom. The Morgan fingerprint density at radius 1 is 1.10 bits per heavy atom. The molecule has 1 amide bonds. The predicted octanol–water partition coefficient (Wildman–Crippen LogP) is 4.42. The third-order valence-corrected chi connectivity index (χ3v) is 6.45. The van der Waals surface area contributed by atoms with E-state index in [9.17, 15) is 13.2 Å². The third-order valence-electron chi connectivity index (χ3n) is 4.15. The molecular formula is C21H25ClN2O4S. The summed E-state index contributed by atoms with van der Waals surface area (Å²) in [4.78, 5) is 12.5. The van der Waals surface area contributed by atoms with Gasteiger partial charge in [-0.3, -0.25) is 4.79 Å². The van der Waals surface area contributed by atoms with E-state index in [0.29, 0.717) is 36.2 Å². The van der Waals surface area contributed by atoms with Gasteiger partial charge in [0.1, 0.15) is 5.75 Å². The molecule has 0 heterocycles. The van der Waals surface area contributed by atoms with Crippen molar-refractivity contribution in [3.63, 3.8) is 0 Å². The van der Waals surface area contributed by atoms with Crippen molar-refractivity contribution in [2.75, 3.05) is 25.0 Å². The number of anilines is 1. The highest BCUT2D eigenvalue weighted by molar-refractivity contribution is 7.89. The molecule has 2 rings (SSSR count). The van der Waals surface area contributed by atoms with Crippen LogP contribution >= 0.6 is 11.6 Å². The van der Waals surface area contributed by atoms with Crippen LogP contribution in [0.25, 0.3) is 6.08 Å². The lowest BCUT2D eigenvalue weighted by atomic mass is 10.2. The number of carbonyl (C=O) groups is 1. The molecule has 0 aromatic heterocycles. The van der Waals surface area contributed by atoms with Crippen LogP contribution in [-0.2, 0) is 14.8 Å². The predicted molar refractivity (Wildman–Crippen MR) is 117 cm³/mol. The van der Waals surface area contributed by atoms with E-state index in [1.54, 1.807) is 50.3 Å². The van der Waals surface area contributed by atoms with Gasteiger partial charge in [-0.1, -0.05) is 37.6 Å². The van der Waals surface area contributed by atoms with Crippen LogP contribution in [0, 0.1) is 0 Å². The minimum Gasteiger partial charge on any atom is -0.492 e. The standard InChI is InChI=1S/C21H25ClN2O4S/c1-4-24(5-2)29(26,27)18-12-13-20(28-6-3)19(15-18)23-21(25)14-9-16-7-10-17(22)11-8-16/h7-15H,4-6H2,1-3H3,(H,23,25)/b14-9+. The second-order valence-corrected chi connectivity index (χ2v) is 8.43. The highest BCUT2D eigenvalue weighted by atomic mass is 35.5. The Balaban J connectivity index is 2.29. The van der Waals surface area contributed by atoms with Crippen LogP contribution in [0.15, 0.2) is 53.4 Å². The number of nitrogens with zero attached hydrogens (tertiary/aromatic N) is 1. The van der Waals surface area contributed by atoms with Gasteiger partial charge in [-0.15, -0.1) is 0 Å². The molecule has 2 aromatic rings. The van der Waals surface area contributed by atoms with E-state index >= 15 is 0 Å². The average Bonchev–Trinajstić information content (AvgIpc) is 2.69. The number of rotatable bonds is 9. The number of hydrogen-bond donors (Lipinski definition) is 1. The molecule has 0 atom stereocenters. The largest absolute Gasteiger partial charge is 0.492 e. The smallest absolute Gasteiger partial charge is 0.248 e. The zero-order valence-electron chi connectivity index (χ0n) is 16.7. The fraction of sp³-hybridized carbons (Fsp3) is 0.286. The maximum atomic E-state index is 12.8. The first-order valence-corrected chi connectivity index (χ1v) is 11.1. The van der Waals surface area contributed by atoms with Crippen molar-refractivity contribution in [2.45, 2.75) is 25.7 Å². The second kappa shape index (κ2) is 10.4. The van der Waals surface area contributed by atoms with Gasteiger partial charge < -0.3 is 10.1 Å². The number of benzene rings is 2. The van der Waals surface area contributed by atoms with E-state index < -0.39 is 15.9 Å². The number of hydrogen-bond acceptors (Lipinski definition) is 4. The molecule has 0 aliphatic carbocycles. The van der Waals surface area contributed by atoms with Crippen LogP contribution in [0.1, 0.15) is 26.3 Å². The molecule has 29 heavy (non-hydrogen) atoms. The Hall–Kier alpha value is -2.35. The summed E-state index contributed by atoms with van der Waals surface area (Å²) in [6.07, 6.45) is 3.01. The summed E-state index contributed by atoms with van der Waals surface area (Å²) in [5, 5.41) is 3.32. The first-order valence-electron chi connectivity index (χ1n) is 9.33. The molecule has 0 unspecified atom stereocenters. The first-order chi connectivity index (χ1) is 13.8. The normalized spacial score (nSPS) is 11.8. The second-order valence-electron chi connectivity index (χ2n) is 6.05. The van der Waals surface area contributed by atoms with Crippen molar-refractivity contribution in [2.24, 2.45) is 0 Å². The fourth-order valence-electron chi connectivity index (χ4n) is 2.68. The van der Waals surface area contributed by atoms with Gasteiger partial charge >= 0.3 is 0 Å². The number of ether oxygens (including phenoxy) is 1.